The number of aryl methyl sites for hydroxylation is 1. The second kappa shape index (κ2) is 11.9. The summed E-state index contributed by atoms with van der Waals surface area (Å²) < 4.78 is 59.8. The number of carbonyl (C=O) groups is 1. The Hall–Kier alpha value is -3.29. The molecule has 8 nitrogen and oxygen atoms in total. The first-order chi connectivity index (χ1) is 19.6. The molecular weight excluding hydrogens is 601 g/mol. The smallest absolute Gasteiger partial charge is 0.452 e. The van der Waals surface area contributed by atoms with Gasteiger partial charge in [0.05, 0.1) is 48.9 Å². The number of thiazole rings is 1. The molecule has 2 atom stereocenters. The fourth-order valence-corrected chi connectivity index (χ4v) is 7.48. The maximum Gasteiger partial charge on any atom is 0.452 e. The van der Waals surface area contributed by atoms with Crippen LogP contribution in [0.2, 0.25) is 5.02 Å². The summed E-state index contributed by atoms with van der Waals surface area (Å²) in [7, 11) is 4.36. The van der Waals surface area contributed by atoms with E-state index in [1.54, 1.807) is 36.5 Å². The van der Waals surface area contributed by atoms with Gasteiger partial charge < -0.3 is 14.2 Å². The van der Waals surface area contributed by atoms with Gasteiger partial charge in [-0.25, -0.2) is 4.98 Å². The van der Waals surface area contributed by atoms with Gasteiger partial charge >= 0.3 is 12.1 Å². The van der Waals surface area contributed by atoms with Crippen LogP contribution in [0.4, 0.5) is 13.2 Å². The first-order valence-electron chi connectivity index (χ1n) is 12.3. The van der Waals surface area contributed by atoms with Crippen molar-refractivity contribution in [1.82, 2.24) is 19.7 Å². The molecule has 14 heteroatoms. The Balaban J connectivity index is 1.65. The zero-order valence-corrected chi connectivity index (χ0v) is 24.5. The van der Waals surface area contributed by atoms with Crippen molar-refractivity contribution in [3.8, 4) is 17.2 Å². The third kappa shape index (κ3) is 5.88. The van der Waals surface area contributed by atoms with E-state index in [1.807, 2.05) is 6.07 Å². The van der Waals surface area contributed by atoms with Crippen molar-refractivity contribution in [3.05, 3.63) is 80.3 Å². The molecule has 0 aliphatic carbocycles. The van der Waals surface area contributed by atoms with Crippen molar-refractivity contribution < 1.29 is 32.2 Å². The molecule has 2 aromatic heterocycles. The standard InChI is InChI=1S/C27H24ClF3N4O4S2/c1-37-19-6-4-5-16(23(19)39-3)24-17-11-14(28)7-9-18(17)35-25(33-34-26(35)27(29,30)31)20(41-24)12-21-32-13-15(40-21)8-10-22(36)38-2/h4-7,9,11,13,20,24H,8,10,12H2,1-3H3/t20-,24-/m1/s1. The zero-order valence-electron chi connectivity index (χ0n) is 22.1. The molecule has 5 rings (SSSR count). The van der Waals surface area contributed by atoms with E-state index < -0.39 is 22.5 Å². The highest BCUT2D eigenvalue weighted by Crippen LogP contribution is 2.54. The van der Waals surface area contributed by atoms with Crippen LogP contribution in [0.1, 0.15) is 49.6 Å². The lowest BCUT2D eigenvalue weighted by Gasteiger charge is -2.23. The van der Waals surface area contributed by atoms with Crippen LogP contribution in [0.25, 0.3) is 5.69 Å². The van der Waals surface area contributed by atoms with Crippen molar-refractivity contribution in [1.29, 1.82) is 0 Å². The molecule has 1 aliphatic rings. The Labute approximate surface area is 246 Å². The molecule has 0 unspecified atom stereocenters. The number of alkyl halides is 3. The van der Waals surface area contributed by atoms with Crippen LogP contribution in [0, 0.1) is 0 Å². The Kier molecular flexibility index (Phi) is 8.48. The van der Waals surface area contributed by atoms with E-state index in [4.69, 9.17) is 25.8 Å². The highest BCUT2D eigenvalue weighted by Gasteiger charge is 2.43. The van der Waals surface area contributed by atoms with E-state index in [9.17, 15) is 18.0 Å². The van der Waals surface area contributed by atoms with E-state index in [2.05, 4.69) is 15.2 Å². The topological polar surface area (TPSA) is 88.4 Å². The molecule has 0 amide bonds. The number of thioether (sulfide) groups is 1. The van der Waals surface area contributed by atoms with E-state index in [-0.39, 0.29) is 30.3 Å². The lowest BCUT2D eigenvalue weighted by Crippen LogP contribution is -2.16. The second-order valence-corrected chi connectivity index (χ2v) is 12.0. The number of methoxy groups -OCH3 is 3. The summed E-state index contributed by atoms with van der Waals surface area (Å²) in [5.41, 5.74) is 1.51. The van der Waals surface area contributed by atoms with Gasteiger partial charge in [0.2, 0.25) is 5.82 Å². The number of aromatic nitrogens is 4. The highest BCUT2D eigenvalue weighted by atomic mass is 35.5. The average Bonchev–Trinajstić information content (AvgIpc) is 3.58. The first-order valence-corrected chi connectivity index (χ1v) is 14.5. The fourth-order valence-electron chi connectivity index (χ4n) is 4.71. The van der Waals surface area contributed by atoms with Crippen molar-refractivity contribution >= 4 is 40.7 Å². The van der Waals surface area contributed by atoms with Crippen LogP contribution in [0.15, 0.2) is 42.6 Å². The van der Waals surface area contributed by atoms with Gasteiger partial charge in [-0.15, -0.1) is 33.3 Å². The zero-order chi connectivity index (χ0) is 29.3. The summed E-state index contributed by atoms with van der Waals surface area (Å²) in [6.07, 6.45) is -2.16. The molecule has 0 saturated heterocycles. The highest BCUT2D eigenvalue weighted by molar-refractivity contribution is 8.00. The molecule has 4 aromatic rings. The Morgan fingerprint density at radius 1 is 1.10 bits per heavy atom. The lowest BCUT2D eigenvalue weighted by atomic mass is 10.0. The molecule has 0 spiro atoms. The maximum absolute atomic E-state index is 14.2. The van der Waals surface area contributed by atoms with Crippen LogP contribution in [-0.2, 0) is 28.5 Å². The second-order valence-electron chi connectivity index (χ2n) is 9.01. The first kappa shape index (κ1) is 29.2. The van der Waals surface area contributed by atoms with Crippen LogP contribution >= 0.6 is 34.7 Å². The maximum atomic E-state index is 14.2. The normalized spacial score (nSPS) is 16.5. The SMILES string of the molecule is COC(=O)CCc1cnc(C[C@H]2S[C@H](c3cccc(OC)c3OC)c3cc(Cl)ccc3-n3c2nnc3C(F)(F)F)s1. The molecule has 0 N–H and O–H groups in total. The van der Waals surface area contributed by atoms with Crippen LogP contribution in [0.3, 0.4) is 0 Å². The van der Waals surface area contributed by atoms with Crippen molar-refractivity contribution in [2.24, 2.45) is 0 Å². The molecule has 0 fully saturated rings. The summed E-state index contributed by atoms with van der Waals surface area (Å²) in [6, 6.07) is 10.2. The minimum Gasteiger partial charge on any atom is -0.493 e. The van der Waals surface area contributed by atoms with Crippen LogP contribution in [0.5, 0.6) is 11.5 Å². The number of ether oxygens (including phenoxy) is 3. The number of benzene rings is 2. The molecule has 1 aliphatic heterocycles. The summed E-state index contributed by atoms with van der Waals surface area (Å²) in [5.74, 6) is -0.372. The number of para-hydroxylation sites is 1. The van der Waals surface area contributed by atoms with E-state index in [1.165, 1.54) is 44.4 Å². The van der Waals surface area contributed by atoms with Crippen molar-refractivity contribution in [2.75, 3.05) is 21.3 Å². The summed E-state index contributed by atoms with van der Waals surface area (Å²) in [4.78, 5) is 17.0. The third-order valence-corrected chi connectivity index (χ3v) is 9.32. The number of rotatable bonds is 8. The summed E-state index contributed by atoms with van der Waals surface area (Å²) in [6.45, 7) is 0. The van der Waals surface area contributed by atoms with Gasteiger partial charge in [0, 0.05) is 28.1 Å². The molecule has 0 radical (unpaired) electrons. The van der Waals surface area contributed by atoms with Gasteiger partial charge in [0.15, 0.2) is 17.3 Å². The number of nitrogens with zero attached hydrogens (tertiary/aromatic N) is 4. The number of carbonyl (C=O) groups excluding carboxylic acids is 1. The van der Waals surface area contributed by atoms with Gasteiger partial charge in [-0.2, -0.15) is 13.2 Å². The van der Waals surface area contributed by atoms with Gasteiger partial charge in [0.25, 0.3) is 0 Å². The number of hydrogen-bond donors (Lipinski definition) is 0. The number of halogens is 4. The third-order valence-electron chi connectivity index (χ3n) is 6.52. The average molecular weight is 625 g/mol. The van der Waals surface area contributed by atoms with Gasteiger partial charge in [0.1, 0.15) is 0 Å². The number of hydrogen-bond acceptors (Lipinski definition) is 9. The molecule has 0 saturated carbocycles. The summed E-state index contributed by atoms with van der Waals surface area (Å²) >= 11 is 9.21. The molecule has 2 aromatic carbocycles. The largest absolute Gasteiger partial charge is 0.493 e. The fraction of sp³-hybridized carbons (Fsp3) is 0.333. The lowest BCUT2D eigenvalue weighted by molar-refractivity contribution is -0.146. The van der Waals surface area contributed by atoms with Gasteiger partial charge in [-0.3, -0.25) is 9.36 Å². The van der Waals surface area contributed by atoms with Gasteiger partial charge in [-0.1, -0.05) is 23.7 Å². The summed E-state index contributed by atoms with van der Waals surface area (Å²) in [5, 5.41) is 7.59. The number of esters is 1. The van der Waals surface area contributed by atoms with Crippen molar-refractivity contribution in [2.45, 2.75) is 35.9 Å². The Morgan fingerprint density at radius 2 is 1.90 bits per heavy atom. The Morgan fingerprint density at radius 3 is 2.61 bits per heavy atom. The van der Waals surface area contributed by atoms with Crippen LogP contribution in [-0.4, -0.2) is 47.0 Å². The van der Waals surface area contributed by atoms with E-state index in [0.29, 0.717) is 39.1 Å². The minimum absolute atomic E-state index is 0.140. The predicted octanol–water partition coefficient (Wildman–Crippen LogP) is 6.64. The van der Waals surface area contributed by atoms with Gasteiger partial charge in [-0.05, 0) is 36.2 Å². The minimum atomic E-state index is -4.76. The molecule has 216 valence electrons. The molecular formula is C27H24ClF3N4O4S2. The van der Waals surface area contributed by atoms with Crippen LogP contribution < -0.4 is 9.47 Å². The number of fused-ring (bicyclic) bond motifs is 3. The van der Waals surface area contributed by atoms with E-state index >= 15 is 0 Å². The quantitative estimate of drug-likeness (QED) is 0.202. The molecule has 3 heterocycles. The predicted molar refractivity (Wildman–Crippen MR) is 149 cm³/mol. The monoisotopic (exact) mass is 624 g/mol. The van der Waals surface area contributed by atoms with Crippen molar-refractivity contribution in [3.63, 3.8) is 0 Å². The van der Waals surface area contributed by atoms with E-state index in [0.717, 1.165) is 9.44 Å². The molecule has 41 heavy (non-hydrogen) atoms. The Bertz CT molecular complexity index is 1580. The molecule has 0 bridgehead atoms.